The molecule has 1 atom stereocenters. The van der Waals surface area contributed by atoms with Gasteiger partial charge in [0.25, 0.3) is 0 Å². The quantitative estimate of drug-likeness (QED) is 0.880. The fourth-order valence-electron chi connectivity index (χ4n) is 2.10. The third-order valence-corrected chi connectivity index (χ3v) is 3.43. The molecule has 1 aromatic carbocycles. The van der Waals surface area contributed by atoms with Crippen LogP contribution in [-0.4, -0.2) is 30.9 Å². The van der Waals surface area contributed by atoms with E-state index in [0.717, 1.165) is 5.56 Å². The number of nitrogens with zero attached hydrogens (tertiary/aromatic N) is 2. The first-order chi connectivity index (χ1) is 10.1. The Bertz CT molecular complexity index is 573. The van der Waals surface area contributed by atoms with Gasteiger partial charge in [-0.1, -0.05) is 19.0 Å². The van der Waals surface area contributed by atoms with Crippen molar-refractivity contribution in [3.05, 3.63) is 24.1 Å². The summed E-state index contributed by atoms with van der Waals surface area (Å²) in [6, 6.07) is 5.47. The maximum absolute atomic E-state index is 5.78. The van der Waals surface area contributed by atoms with Crippen molar-refractivity contribution >= 4 is 0 Å². The predicted octanol–water partition coefficient (Wildman–Crippen LogP) is 2.45. The van der Waals surface area contributed by atoms with Crippen LogP contribution in [-0.2, 0) is 0 Å². The van der Waals surface area contributed by atoms with Crippen LogP contribution < -0.4 is 15.2 Å². The molecule has 0 aliphatic rings. The Labute approximate surface area is 124 Å². The van der Waals surface area contributed by atoms with Gasteiger partial charge in [0.1, 0.15) is 11.5 Å². The van der Waals surface area contributed by atoms with Crippen LogP contribution in [0.3, 0.4) is 0 Å². The molecule has 0 aliphatic heterocycles. The first-order valence-electron chi connectivity index (χ1n) is 6.86. The summed E-state index contributed by atoms with van der Waals surface area (Å²) in [6.07, 6.45) is 0. The van der Waals surface area contributed by atoms with E-state index in [2.05, 4.69) is 24.0 Å². The molecule has 0 amide bonds. The lowest BCUT2D eigenvalue weighted by atomic mass is 9.96. The van der Waals surface area contributed by atoms with E-state index in [4.69, 9.17) is 19.7 Å². The number of benzene rings is 1. The molecule has 0 bridgehead atoms. The Morgan fingerprint density at radius 1 is 1.14 bits per heavy atom. The Morgan fingerprint density at radius 3 is 2.24 bits per heavy atom. The van der Waals surface area contributed by atoms with Crippen molar-refractivity contribution in [1.29, 1.82) is 0 Å². The monoisotopic (exact) mass is 291 g/mol. The van der Waals surface area contributed by atoms with Crippen molar-refractivity contribution in [2.24, 2.45) is 11.7 Å². The summed E-state index contributed by atoms with van der Waals surface area (Å²) in [5.74, 6) is 2.80. The molecule has 2 rings (SSSR count). The number of aromatic nitrogens is 2. The molecule has 21 heavy (non-hydrogen) atoms. The number of nitrogens with two attached hydrogens (primary N) is 1. The van der Waals surface area contributed by atoms with Gasteiger partial charge in [0.05, 0.1) is 20.1 Å². The van der Waals surface area contributed by atoms with E-state index in [1.54, 1.807) is 20.3 Å². The standard InChI is InChI=1S/C15H21N3O3/c1-9(2)13(8-16)15-17-14(18-21-15)10-5-11(19-3)7-12(6-10)20-4/h5-7,9,13H,8,16H2,1-4H3. The summed E-state index contributed by atoms with van der Waals surface area (Å²) in [5, 5.41) is 4.04. The van der Waals surface area contributed by atoms with Crippen molar-refractivity contribution in [2.45, 2.75) is 19.8 Å². The largest absolute Gasteiger partial charge is 0.497 e. The highest BCUT2D eigenvalue weighted by atomic mass is 16.5. The van der Waals surface area contributed by atoms with Gasteiger partial charge in [-0.05, 0) is 18.1 Å². The predicted molar refractivity (Wildman–Crippen MR) is 79.5 cm³/mol. The van der Waals surface area contributed by atoms with Crippen molar-refractivity contribution < 1.29 is 14.0 Å². The molecule has 0 radical (unpaired) electrons. The minimum Gasteiger partial charge on any atom is -0.497 e. The molecule has 1 heterocycles. The molecule has 0 fully saturated rings. The van der Waals surface area contributed by atoms with Gasteiger partial charge in [-0.2, -0.15) is 4.98 Å². The Kier molecular flexibility index (Phi) is 4.80. The first-order valence-corrected chi connectivity index (χ1v) is 6.86. The number of rotatable bonds is 6. The summed E-state index contributed by atoms with van der Waals surface area (Å²) >= 11 is 0. The molecule has 1 unspecified atom stereocenters. The lowest BCUT2D eigenvalue weighted by Gasteiger charge is -2.13. The maximum Gasteiger partial charge on any atom is 0.231 e. The highest BCUT2D eigenvalue weighted by Crippen LogP contribution is 2.30. The van der Waals surface area contributed by atoms with Crippen LogP contribution in [0.5, 0.6) is 11.5 Å². The van der Waals surface area contributed by atoms with Gasteiger partial charge in [0.2, 0.25) is 11.7 Å². The van der Waals surface area contributed by atoms with Gasteiger partial charge >= 0.3 is 0 Å². The summed E-state index contributed by atoms with van der Waals surface area (Å²) in [6.45, 7) is 4.63. The molecule has 114 valence electrons. The van der Waals surface area contributed by atoms with E-state index in [-0.39, 0.29) is 5.92 Å². The van der Waals surface area contributed by atoms with E-state index < -0.39 is 0 Å². The molecule has 2 aromatic rings. The highest BCUT2D eigenvalue weighted by molar-refractivity contribution is 5.60. The second-order valence-electron chi connectivity index (χ2n) is 5.14. The van der Waals surface area contributed by atoms with Gasteiger partial charge < -0.3 is 19.7 Å². The van der Waals surface area contributed by atoms with E-state index >= 15 is 0 Å². The molecular formula is C15H21N3O3. The second-order valence-corrected chi connectivity index (χ2v) is 5.14. The summed E-state index contributed by atoms with van der Waals surface area (Å²) in [7, 11) is 3.20. The molecule has 0 saturated heterocycles. The zero-order chi connectivity index (χ0) is 15.4. The topological polar surface area (TPSA) is 83.4 Å². The molecule has 2 N–H and O–H groups in total. The van der Waals surface area contributed by atoms with Crippen molar-refractivity contribution in [3.8, 4) is 22.9 Å². The fraction of sp³-hybridized carbons (Fsp3) is 0.467. The van der Waals surface area contributed by atoms with Gasteiger partial charge in [-0.25, -0.2) is 0 Å². The lowest BCUT2D eigenvalue weighted by molar-refractivity contribution is 0.324. The zero-order valence-electron chi connectivity index (χ0n) is 12.8. The molecule has 1 aromatic heterocycles. The summed E-state index contributed by atoms with van der Waals surface area (Å²) < 4.78 is 15.9. The molecule has 0 spiro atoms. The third-order valence-electron chi connectivity index (χ3n) is 3.43. The average Bonchev–Trinajstić information content (AvgIpc) is 2.96. The van der Waals surface area contributed by atoms with Crippen molar-refractivity contribution in [3.63, 3.8) is 0 Å². The fourth-order valence-corrected chi connectivity index (χ4v) is 2.10. The van der Waals surface area contributed by atoms with Crippen molar-refractivity contribution in [1.82, 2.24) is 10.1 Å². The van der Waals surface area contributed by atoms with Crippen LogP contribution in [0.2, 0.25) is 0 Å². The van der Waals surface area contributed by atoms with Crippen LogP contribution >= 0.6 is 0 Å². The van der Waals surface area contributed by atoms with Crippen LogP contribution in [0, 0.1) is 5.92 Å². The maximum atomic E-state index is 5.78. The smallest absolute Gasteiger partial charge is 0.231 e. The molecule has 6 nitrogen and oxygen atoms in total. The summed E-state index contributed by atoms with van der Waals surface area (Å²) in [5.41, 5.74) is 6.56. The normalized spacial score (nSPS) is 12.5. The van der Waals surface area contributed by atoms with Crippen LogP contribution in [0.1, 0.15) is 25.7 Å². The van der Waals surface area contributed by atoms with E-state index in [1.807, 2.05) is 12.1 Å². The molecule has 6 heteroatoms. The van der Waals surface area contributed by atoms with Gasteiger partial charge in [-0.15, -0.1) is 0 Å². The molecular weight excluding hydrogens is 270 g/mol. The van der Waals surface area contributed by atoms with Gasteiger partial charge in [0, 0.05) is 18.2 Å². The highest BCUT2D eigenvalue weighted by Gasteiger charge is 2.21. The van der Waals surface area contributed by atoms with Gasteiger partial charge in [0.15, 0.2) is 0 Å². The van der Waals surface area contributed by atoms with Gasteiger partial charge in [-0.3, -0.25) is 0 Å². The molecule has 0 aliphatic carbocycles. The Hall–Kier alpha value is -2.08. The first kappa shape index (κ1) is 15.3. The van der Waals surface area contributed by atoms with E-state index in [0.29, 0.717) is 35.7 Å². The zero-order valence-corrected chi connectivity index (χ0v) is 12.8. The number of ether oxygens (including phenoxy) is 2. The van der Waals surface area contributed by atoms with E-state index in [1.165, 1.54) is 0 Å². The molecule has 0 saturated carbocycles. The van der Waals surface area contributed by atoms with Crippen LogP contribution in [0.4, 0.5) is 0 Å². The summed E-state index contributed by atoms with van der Waals surface area (Å²) in [4.78, 5) is 4.45. The average molecular weight is 291 g/mol. The Balaban J connectivity index is 2.37. The lowest BCUT2D eigenvalue weighted by Crippen LogP contribution is -2.18. The number of hydrogen-bond acceptors (Lipinski definition) is 6. The minimum absolute atomic E-state index is 0.0544. The van der Waals surface area contributed by atoms with Crippen molar-refractivity contribution in [2.75, 3.05) is 20.8 Å². The number of hydrogen-bond donors (Lipinski definition) is 1. The SMILES string of the molecule is COc1cc(OC)cc(-c2noc(C(CN)C(C)C)n2)c1. The third kappa shape index (κ3) is 3.33. The second kappa shape index (κ2) is 6.58. The van der Waals surface area contributed by atoms with E-state index in [9.17, 15) is 0 Å². The Morgan fingerprint density at radius 2 is 1.76 bits per heavy atom. The van der Waals surface area contributed by atoms with Crippen LogP contribution in [0.25, 0.3) is 11.4 Å². The van der Waals surface area contributed by atoms with Crippen LogP contribution in [0.15, 0.2) is 22.7 Å². The minimum atomic E-state index is 0.0544. The number of methoxy groups -OCH3 is 2.